The molecule has 3 aromatic rings. The van der Waals surface area contributed by atoms with Crippen molar-refractivity contribution in [1.82, 2.24) is 4.90 Å². The topological polar surface area (TPSA) is 20.3 Å². The first kappa shape index (κ1) is 16.9. The molecule has 0 unspecified atom stereocenters. The average Bonchev–Trinajstić information content (AvgIpc) is 2.65. The summed E-state index contributed by atoms with van der Waals surface area (Å²) in [5.41, 5.74) is 2.54. The Hall–Kier alpha value is -2.94. The van der Waals surface area contributed by atoms with E-state index in [-0.39, 0.29) is 18.1 Å². The van der Waals surface area contributed by atoms with Gasteiger partial charge in [-0.05, 0) is 22.8 Å². The number of halogens is 1. The number of hydrogen-bond donors (Lipinski definition) is 0. The first-order valence-electron chi connectivity index (χ1n) is 8.31. The molecule has 1 amide bonds. The highest BCUT2D eigenvalue weighted by atomic mass is 19.1. The Balaban J connectivity index is 1.79. The molecule has 3 aromatic carbocycles. The summed E-state index contributed by atoms with van der Waals surface area (Å²) in [7, 11) is 0. The van der Waals surface area contributed by atoms with Gasteiger partial charge >= 0.3 is 0 Å². The summed E-state index contributed by atoms with van der Waals surface area (Å²) in [5, 5.41) is 0. The van der Waals surface area contributed by atoms with Crippen LogP contribution in [0.3, 0.4) is 0 Å². The maximum Gasteiger partial charge on any atom is 0.227 e. The van der Waals surface area contributed by atoms with Gasteiger partial charge in [-0.25, -0.2) is 4.39 Å². The SMILES string of the molecule is O=C(Cc1ccccc1F)N(Cc1ccccc1)Cc1ccccc1. The number of carbonyl (C=O) groups excluding carboxylic acids is 1. The van der Waals surface area contributed by atoms with E-state index in [2.05, 4.69) is 0 Å². The zero-order valence-electron chi connectivity index (χ0n) is 13.9. The normalized spacial score (nSPS) is 10.4. The van der Waals surface area contributed by atoms with Crippen molar-refractivity contribution in [2.75, 3.05) is 0 Å². The van der Waals surface area contributed by atoms with Crippen LogP contribution in [0.2, 0.25) is 0 Å². The lowest BCUT2D eigenvalue weighted by Crippen LogP contribution is -2.31. The van der Waals surface area contributed by atoms with E-state index in [0.717, 1.165) is 11.1 Å². The van der Waals surface area contributed by atoms with Gasteiger partial charge in [-0.3, -0.25) is 4.79 Å². The van der Waals surface area contributed by atoms with Crippen LogP contribution in [0.5, 0.6) is 0 Å². The molecule has 0 radical (unpaired) electrons. The largest absolute Gasteiger partial charge is 0.334 e. The van der Waals surface area contributed by atoms with Crippen LogP contribution in [-0.2, 0) is 24.3 Å². The molecular formula is C22H20FNO. The lowest BCUT2D eigenvalue weighted by molar-refractivity contribution is -0.131. The van der Waals surface area contributed by atoms with E-state index < -0.39 is 0 Å². The second kappa shape index (κ2) is 8.25. The van der Waals surface area contributed by atoms with Crippen molar-refractivity contribution in [3.8, 4) is 0 Å². The molecule has 0 N–H and O–H groups in total. The number of nitrogens with zero attached hydrogens (tertiary/aromatic N) is 1. The minimum absolute atomic E-state index is 0.0618. The summed E-state index contributed by atoms with van der Waals surface area (Å²) in [4.78, 5) is 14.6. The summed E-state index contributed by atoms with van der Waals surface area (Å²) < 4.78 is 13.9. The molecule has 3 heteroatoms. The monoisotopic (exact) mass is 333 g/mol. The molecule has 2 nitrogen and oxygen atoms in total. The fourth-order valence-corrected chi connectivity index (χ4v) is 2.76. The molecule has 0 aliphatic rings. The van der Waals surface area contributed by atoms with E-state index in [1.807, 2.05) is 60.7 Å². The minimum atomic E-state index is -0.338. The van der Waals surface area contributed by atoms with Crippen LogP contribution >= 0.6 is 0 Å². The van der Waals surface area contributed by atoms with Crippen LogP contribution in [0.15, 0.2) is 84.9 Å². The standard InChI is InChI=1S/C22H20FNO/c23-21-14-8-7-13-20(21)15-22(25)24(16-18-9-3-1-4-10-18)17-19-11-5-2-6-12-19/h1-14H,15-17H2. The van der Waals surface area contributed by atoms with Crippen LogP contribution in [0.25, 0.3) is 0 Å². The molecular weight excluding hydrogens is 313 g/mol. The molecule has 0 heterocycles. The molecule has 126 valence electrons. The van der Waals surface area contributed by atoms with Crippen molar-refractivity contribution < 1.29 is 9.18 Å². The van der Waals surface area contributed by atoms with Crippen LogP contribution in [0.4, 0.5) is 4.39 Å². The van der Waals surface area contributed by atoms with Crippen LogP contribution < -0.4 is 0 Å². The van der Waals surface area contributed by atoms with E-state index in [1.54, 1.807) is 23.1 Å². The summed E-state index contributed by atoms with van der Waals surface area (Å²) >= 11 is 0. The first-order chi connectivity index (χ1) is 12.2. The fraction of sp³-hybridized carbons (Fsp3) is 0.136. The fourth-order valence-electron chi connectivity index (χ4n) is 2.76. The molecule has 0 aliphatic heterocycles. The number of rotatable bonds is 6. The zero-order chi connectivity index (χ0) is 17.5. The molecule has 3 rings (SSSR count). The van der Waals surface area contributed by atoms with Crippen LogP contribution in [-0.4, -0.2) is 10.8 Å². The number of amides is 1. The first-order valence-corrected chi connectivity index (χ1v) is 8.31. The summed E-state index contributed by atoms with van der Waals surface area (Å²) in [6.45, 7) is 1.01. The quantitative estimate of drug-likeness (QED) is 0.646. The number of benzene rings is 3. The maximum absolute atomic E-state index is 13.9. The van der Waals surface area contributed by atoms with Crippen LogP contribution in [0, 0.1) is 5.82 Å². The third-order valence-electron chi connectivity index (χ3n) is 4.08. The molecule has 0 spiro atoms. The third kappa shape index (κ3) is 4.77. The highest BCUT2D eigenvalue weighted by molar-refractivity contribution is 5.78. The van der Waals surface area contributed by atoms with Crippen LogP contribution in [0.1, 0.15) is 16.7 Å². The van der Waals surface area contributed by atoms with E-state index in [9.17, 15) is 9.18 Å². The van der Waals surface area contributed by atoms with Gasteiger partial charge in [-0.15, -0.1) is 0 Å². The summed E-state index contributed by atoms with van der Waals surface area (Å²) in [6.07, 6.45) is 0.0618. The molecule has 0 fully saturated rings. The molecule has 0 bridgehead atoms. The zero-order valence-corrected chi connectivity index (χ0v) is 13.9. The van der Waals surface area contributed by atoms with Gasteiger partial charge in [-0.2, -0.15) is 0 Å². The number of hydrogen-bond acceptors (Lipinski definition) is 1. The molecule has 0 aromatic heterocycles. The molecule has 25 heavy (non-hydrogen) atoms. The van der Waals surface area contributed by atoms with Gasteiger partial charge in [0, 0.05) is 13.1 Å². The van der Waals surface area contributed by atoms with E-state index in [0.29, 0.717) is 18.7 Å². The van der Waals surface area contributed by atoms with Crippen molar-refractivity contribution in [3.63, 3.8) is 0 Å². The van der Waals surface area contributed by atoms with Crippen molar-refractivity contribution in [2.45, 2.75) is 19.5 Å². The van der Waals surface area contributed by atoms with Gasteiger partial charge in [0.1, 0.15) is 5.82 Å². The molecule has 0 saturated heterocycles. The van der Waals surface area contributed by atoms with Gasteiger partial charge in [0.15, 0.2) is 0 Å². The van der Waals surface area contributed by atoms with Crippen molar-refractivity contribution >= 4 is 5.91 Å². The predicted octanol–water partition coefficient (Wildman–Crippen LogP) is 4.60. The van der Waals surface area contributed by atoms with Crippen molar-refractivity contribution in [1.29, 1.82) is 0 Å². The lowest BCUT2D eigenvalue weighted by atomic mass is 10.1. The molecule has 0 saturated carbocycles. The maximum atomic E-state index is 13.9. The van der Waals surface area contributed by atoms with Gasteiger partial charge < -0.3 is 4.90 Å². The summed E-state index contributed by atoms with van der Waals surface area (Å²) in [6, 6.07) is 26.1. The Morgan fingerprint density at radius 2 is 1.20 bits per heavy atom. The average molecular weight is 333 g/mol. The number of carbonyl (C=O) groups is 1. The minimum Gasteiger partial charge on any atom is -0.334 e. The Bertz CT molecular complexity index is 776. The van der Waals surface area contributed by atoms with E-state index >= 15 is 0 Å². The van der Waals surface area contributed by atoms with Gasteiger partial charge in [0.05, 0.1) is 6.42 Å². The molecule has 0 aliphatic carbocycles. The van der Waals surface area contributed by atoms with Gasteiger partial charge in [0.2, 0.25) is 5.91 Å². The predicted molar refractivity (Wildman–Crippen MR) is 97.2 cm³/mol. The highest BCUT2D eigenvalue weighted by Crippen LogP contribution is 2.14. The lowest BCUT2D eigenvalue weighted by Gasteiger charge is -2.23. The second-order valence-electron chi connectivity index (χ2n) is 5.99. The van der Waals surface area contributed by atoms with Gasteiger partial charge in [-0.1, -0.05) is 78.9 Å². The van der Waals surface area contributed by atoms with E-state index in [1.165, 1.54) is 6.07 Å². The third-order valence-corrected chi connectivity index (χ3v) is 4.08. The Morgan fingerprint density at radius 3 is 1.72 bits per heavy atom. The summed E-state index contributed by atoms with van der Waals surface area (Å²) in [5.74, 6) is -0.423. The van der Waals surface area contributed by atoms with Gasteiger partial charge in [0.25, 0.3) is 0 Å². The smallest absolute Gasteiger partial charge is 0.227 e. The van der Waals surface area contributed by atoms with E-state index in [4.69, 9.17) is 0 Å². The second-order valence-corrected chi connectivity index (χ2v) is 5.99. The van der Waals surface area contributed by atoms with Crippen molar-refractivity contribution in [3.05, 3.63) is 107 Å². The Morgan fingerprint density at radius 1 is 0.720 bits per heavy atom. The van der Waals surface area contributed by atoms with Crippen molar-refractivity contribution in [2.24, 2.45) is 0 Å². The highest BCUT2D eigenvalue weighted by Gasteiger charge is 2.16. The Labute approximate surface area is 147 Å². The molecule has 0 atom stereocenters. The Kier molecular flexibility index (Phi) is 5.57.